The van der Waals surface area contributed by atoms with E-state index < -0.39 is 6.04 Å². The highest BCUT2D eigenvalue weighted by Gasteiger charge is 2.53. The molecule has 8 nitrogen and oxygen atoms in total. The largest absolute Gasteiger partial charge is 0.464 e. The summed E-state index contributed by atoms with van der Waals surface area (Å²) in [4.78, 5) is 43.8. The van der Waals surface area contributed by atoms with Crippen LogP contribution in [0.3, 0.4) is 0 Å². The fraction of sp³-hybridized carbons (Fsp3) is 0.452. The zero-order chi connectivity index (χ0) is 27.8. The zero-order valence-corrected chi connectivity index (χ0v) is 23.2. The van der Waals surface area contributed by atoms with Gasteiger partial charge in [0.05, 0.1) is 12.0 Å². The third-order valence-corrected chi connectivity index (χ3v) is 7.61. The quantitative estimate of drug-likeness (QED) is 0.335. The van der Waals surface area contributed by atoms with Crippen LogP contribution in [0, 0.1) is 0 Å². The van der Waals surface area contributed by atoms with Gasteiger partial charge < -0.3 is 25.2 Å². The molecule has 2 fully saturated rings. The molecule has 208 valence electrons. The molecule has 8 heteroatoms. The van der Waals surface area contributed by atoms with Crippen LogP contribution in [0.15, 0.2) is 72.1 Å². The maximum atomic E-state index is 13.5. The van der Waals surface area contributed by atoms with Crippen LogP contribution < -0.4 is 10.6 Å². The summed E-state index contributed by atoms with van der Waals surface area (Å²) in [5, 5.41) is 6.17. The summed E-state index contributed by atoms with van der Waals surface area (Å²) in [5.74, 6) is -0.493. The number of carbonyl (C=O) groups is 3. The number of nitrogens with one attached hydrogen (secondary N) is 2. The van der Waals surface area contributed by atoms with Gasteiger partial charge in [-0.2, -0.15) is 0 Å². The number of hydrogen-bond donors (Lipinski definition) is 2. The van der Waals surface area contributed by atoms with Crippen molar-refractivity contribution in [2.24, 2.45) is 0 Å². The lowest BCUT2D eigenvalue weighted by molar-refractivity contribution is -0.145. The number of ether oxygens (including phenoxy) is 1. The zero-order valence-electron chi connectivity index (χ0n) is 23.2. The van der Waals surface area contributed by atoms with Gasteiger partial charge in [0, 0.05) is 37.6 Å². The highest BCUT2D eigenvalue weighted by molar-refractivity contribution is 6.04. The van der Waals surface area contributed by atoms with E-state index >= 15 is 0 Å². The number of piperazine rings is 1. The van der Waals surface area contributed by atoms with Gasteiger partial charge in [-0.05, 0) is 50.8 Å². The number of hydrogen-bond acceptors (Lipinski definition) is 6. The van der Waals surface area contributed by atoms with Crippen molar-refractivity contribution in [3.63, 3.8) is 0 Å². The van der Waals surface area contributed by atoms with Crippen molar-refractivity contribution in [1.29, 1.82) is 0 Å². The van der Waals surface area contributed by atoms with Crippen LogP contribution in [0.25, 0.3) is 0 Å². The van der Waals surface area contributed by atoms with Gasteiger partial charge in [-0.3, -0.25) is 9.59 Å². The number of allylic oxidation sites excluding steroid dienone is 1. The second kappa shape index (κ2) is 12.8. The molecule has 4 rings (SSSR count). The number of para-hydroxylation sites is 1. The molecule has 0 spiro atoms. The van der Waals surface area contributed by atoms with Gasteiger partial charge in [-0.15, -0.1) is 0 Å². The standard InChI is InChI=1S/C31H40N4O4/c1-4-12-26(29(37)39-5-2)33-27(28(36)32-25-15-10-7-11-16-25)23(3)34-19-21-35(22-20-34)30(38)31(17-18-31)24-13-8-6-9-14-24/h6-11,13-16,26,33H,4-5,12,17-22H2,1-3H3,(H,32,36)/b27-23-. The number of esters is 1. The van der Waals surface area contributed by atoms with Crippen molar-refractivity contribution >= 4 is 23.5 Å². The van der Waals surface area contributed by atoms with Gasteiger partial charge in [0.25, 0.3) is 5.91 Å². The number of rotatable bonds is 11. The summed E-state index contributed by atoms with van der Waals surface area (Å²) in [6.45, 7) is 8.29. The maximum Gasteiger partial charge on any atom is 0.328 e. The minimum absolute atomic E-state index is 0.195. The number of anilines is 1. The van der Waals surface area contributed by atoms with Crippen molar-refractivity contribution in [2.45, 2.75) is 57.9 Å². The molecule has 1 atom stereocenters. The van der Waals surface area contributed by atoms with Crippen LogP contribution in [0.1, 0.15) is 52.0 Å². The Labute approximate surface area is 231 Å². The fourth-order valence-electron chi connectivity index (χ4n) is 5.22. The average molecular weight is 533 g/mol. The normalized spacial score (nSPS) is 17.5. The van der Waals surface area contributed by atoms with Crippen LogP contribution in [0.5, 0.6) is 0 Å². The first-order valence-electron chi connectivity index (χ1n) is 14.0. The molecular weight excluding hydrogens is 492 g/mol. The summed E-state index contributed by atoms with van der Waals surface area (Å²) in [6.07, 6.45) is 3.07. The second-order valence-corrected chi connectivity index (χ2v) is 10.2. The molecule has 1 saturated heterocycles. The molecule has 2 aliphatic rings. The molecule has 0 radical (unpaired) electrons. The Kier molecular flexibility index (Phi) is 9.28. The summed E-state index contributed by atoms with van der Waals surface area (Å²) in [5.41, 5.74) is 2.46. The van der Waals surface area contributed by atoms with Gasteiger partial charge in [0.1, 0.15) is 11.7 Å². The van der Waals surface area contributed by atoms with E-state index in [1.54, 1.807) is 6.92 Å². The Bertz CT molecular complexity index is 1170. The first-order chi connectivity index (χ1) is 18.9. The van der Waals surface area contributed by atoms with Crippen molar-refractivity contribution in [3.05, 3.63) is 77.6 Å². The van der Waals surface area contributed by atoms with Crippen LogP contribution in [-0.2, 0) is 24.5 Å². The van der Waals surface area contributed by atoms with E-state index in [9.17, 15) is 14.4 Å². The molecule has 2 N–H and O–H groups in total. The molecule has 2 aromatic rings. The Balaban J connectivity index is 1.51. The highest BCUT2D eigenvalue weighted by Crippen LogP contribution is 2.49. The molecule has 2 amide bonds. The van der Waals surface area contributed by atoms with Crippen LogP contribution in [-0.4, -0.2) is 66.4 Å². The van der Waals surface area contributed by atoms with E-state index in [2.05, 4.69) is 15.5 Å². The van der Waals surface area contributed by atoms with Gasteiger partial charge in [-0.1, -0.05) is 61.9 Å². The molecular formula is C31H40N4O4. The molecule has 0 aromatic heterocycles. The summed E-state index contributed by atoms with van der Waals surface area (Å²) in [7, 11) is 0. The summed E-state index contributed by atoms with van der Waals surface area (Å²) >= 11 is 0. The van der Waals surface area contributed by atoms with E-state index in [4.69, 9.17) is 4.74 Å². The van der Waals surface area contributed by atoms with Gasteiger partial charge in [0.15, 0.2) is 0 Å². The number of amides is 2. The molecule has 1 aliphatic carbocycles. The lowest BCUT2D eigenvalue weighted by atomic mass is 9.94. The Morgan fingerprint density at radius 2 is 1.49 bits per heavy atom. The monoisotopic (exact) mass is 532 g/mol. The van der Waals surface area contributed by atoms with Gasteiger partial charge >= 0.3 is 5.97 Å². The fourth-order valence-corrected chi connectivity index (χ4v) is 5.22. The summed E-state index contributed by atoms with van der Waals surface area (Å²) in [6, 6.07) is 18.7. The third-order valence-electron chi connectivity index (χ3n) is 7.61. The number of nitrogens with zero attached hydrogens (tertiary/aromatic N) is 2. The van der Waals surface area contributed by atoms with Crippen molar-refractivity contribution < 1.29 is 19.1 Å². The molecule has 1 saturated carbocycles. The Morgan fingerprint density at radius 3 is 2.05 bits per heavy atom. The summed E-state index contributed by atoms with van der Waals surface area (Å²) < 4.78 is 5.28. The smallest absolute Gasteiger partial charge is 0.328 e. The molecule has 1 aliphatic heterocycles. The van der Waals surface area contributed by atoms with Crippen molar-refractivity contribution in [3.8, 4) is 0 Å². The topological polar surface area (TPSA) is 91.0 Å². The van der Waals surface area contributed by atoms with E-state index in [-0.39, 0.29) is 29.8 Å². The van der Waals surface area contributed by atoms with E-state index in [1.165, 1.54) is 0 Å². The lowest BCUT2D eigenvalue weighted by Crippen LogP contribution is -2.52. The molecule has 1 heterocycles. The SMILES string of the molecule is CCCC(N/C(C(=O)Nc1ccccc1)=C(/C)N1CCN(C(=O)C2(c3ccccc3)CC2)CC1)C(=O)OCC. The predicted molar refractivity (Wildman–Crippen MR) is 152 cm³/mol. The minimum atomic E-state index is -0.634. The van der Waals surface area contributed by atoms with Crippen LogP contribution in [0.2, 0.25) is 0 Å². The molecule has 1 unspecified atom stereocenters. The van der Waals surface area contributed by atoms with Crippen LogP contribution in [0.4, 0.5) is 5.69 Å². The minimum Gasteiger partial charge on any atom is -0.464 e. The maximum absolute atomic E-state index is 13.5. The third kappa shape index (κ3) is 6.61. The first-order valence-corrected chi connectivity index (χ1v) is 14.0. The number of benzene rings is 2. The Hall–Kier alpha value is -3.81. The van der Waals surface area contributed by atoms with E-state index in [0.717, 1.165) is 30.5 Å². The first kappa shape index (κ1) is 28.2. The van der Waals surface area contributed by atoms with E-state index in [0.29, 0.717) is 44.0 Å². The van der Waals surface area contributed by atoms with Crippen LogP contribution >= 0.6 is 0 Å². The predicted octanol–water partition coefficient (Wildman–Crippen LogP) is 4.05. The second-order valence-electron chi connectivity index (χ2n) is 10.2. The van der Waals surface area contributed by atoms with Crippen molar-refractivity contribution in [1.82, 2.24) is 15.1 Å². The molecule has 2 aromatic carbocycles. The lowest BCUT2D eigenvalue weighted by Gasteiger charge is -2.39. The molecule has 0 bridgehead atoms. The average Bonchev–Trinajstić information content (AvgIpc) is 3.78. The highest BCUT2D eigenvalue weighted by atomic mass is 16.5. The molecule has 39 heavy (non-hydrogen) atoms. The van der Waals surface area contributed by atoms with E-state index in [1.807, 2.05) is 79.4 Å². The Morgan fingerprint density at radius 1 is 0.897 bits per heavy atom. The number of carbonyl (C=O) groups excluding carboxylic acids is 3. The van der Waals surface area contributed by atoms with Gasteiger partial charge in [0.2, 0.25) is 5.91 Å². The van der Waals surface area contributed by atoms with Gasteiger partial charge in [-0.25, -0.2) is 4.79 Å². The van der Waals surface area contributed by atoms with Crippen molar-refractivity contribution in [2.75, 3.05) is 38.1 Å².